The lowest BCUT2D eigenvalue weighted by molar-refractivity contribution is 0.0126. The molecule has 6 nitrogen and oxygen atoms in total. The maximum Gasteiger partial charge on any atom is 0.410 e. The lowest BCUT2D eigenvalue weighted by Gasteiger charge is -2.33. The zero-order valence-electron chi connectivity index (χ0n) is 20.2. The molecule has 0 bridgehead atoms. The zero-order chi connectivity index (χ0) is 23.0. The number of carbonyl (C=O) groups is 1. The summed E-state index contributed by atoms with van der Waals surface area (Å²) in [4.78, 5) is 13.9. The third-order valence-electron chi connectivity index (χ3n) is 5.00. The standard InChI is InChI=1S/C26H31N3O3.3ClH/c1-26(2,3)32-25(30)29-16-13-24(14-17-29)31-23-11-9-22(10-12-23)28-15-5-8-20-6-4-7-21(18-20)19-27;;;/h4-12,18,24,28H,13-17H2,1-3H3;3*1H/b8-5+;;;. The molecule has 3 rings (SSSR count). The minimum atomic E-state index is -0.474. The Morgan fingerprint density at radius 2 is 1.77 bits per heavy atom. The monoisotopic (exact) mass is 541 g/mol. The smallest absolute Gasteiger partial charge is 0.410 e. The second kappa shape index (κ2) is 15.4. The van der Waals surface area contributed by atoms with E-state index in [1.165, 1.54) is 0 Å². The van der Waals surface area contributed by atoms with Crippen LogP contribution in [0.5, 0.6) is 5.75 Å². The van der Waals surface area contributed by atoms with Crippen LogP contribution in [0.2, 0.25) is 0 Å². The Hall–Kier alpha value is -2.59. The molecule has 35 heavy (non-hydrogen) atoms. The summed E-state index contributed by atoms with van der Waals surface area (Å²) in [5, 5.41) is 12.3. The van der Waals surface area contributed by atoms with Crippen LogP contribution < -0.4 is 10.1 Å². The van der Waals surface area contributed by atoms with E-state index in [1.54, 1.807) is 11.0 Å². The van der Waals surface area contributed by atoms with Gasteiger partial charge in [0.15, 0.2) is 0 Å². The third-order valence-corrected chi connectivity index (χ3v) is 5.00. The van der Waals surface area contributed by atoms with Gasteiger partial charge in [-0.15, -0.1) is 37.2 Å². The fourth-order valence-electron chi connectivity index (χ4n) is 3.41. The number of hydrogen-bond acceptors (Lipinski definition) is 5. The number of amides is 1. The van der Waals surface area contributed by atoms with Crippen molar-refractivity contribution >= 4 is 55.1 Å². The Bertz CT molecular complexity index is 978. The molecular formula is C26H34Cl3N3O3. The average molecular weight is 543 g/mol. The summed E-state index contributed by atoms with van der Waals surface area (Å²) >= 11 is 0. The third kappa shape index (κ3) is 11.1. The van der Waals surface area contributed by atoms with E-state index in [-0.39, 0.29) is 49.4 Å². The zero-order valence-corrected chi connectivity index (χ0v) is 22.7. The Kier molecular flexibility index (Phi) is 14.3. The molecule has 1 heterocycles. The number of nitrogens with zero attached hydrogens (tertiary/aromatic N) is 2. The van der Waals surface area contributed by atoms with Gasteiger partial charge < -0.3 is 19.7 Å². The highest BCUT2D eigenvalue weighted by molar-refractivity contribution is 5.86. The van der Waals surface area contributed by atoms with Crippen LogP contribution in [0.4, 0.5) is 10.5 Å². The van der Waals surface area contributed by atoms with E-state index in [0.717, 1.165) is 29.8 Å². The van der Waals surface area contributed by atoms with E-state index in [0.29, 0.717) is 25.2 Å². The van der Waals surface area contributed by atoms with Crippen LogP contribution >= 0.6 is 37.2 Å². The van der Waals surface area contributed by atoms with Crippen molar-refractivity contribution in [3.8, 4) is 11.8 Å². The summed E-state index contributed by atoms with van der Waals surface area (Å²) in [6.07, 6.45) is 5.44. The highest BCUT2D eigenvalue weighted by atomic mass is 35.5. The van der Waals surface area contributed by atoms with Gasteiger partial charge in [0.1, 0.15) is 17.5 Å². The van der Waals surface area contributed by atoms with Crippen molar-refractivity contribution in [2.75, 3.05) is 25.0 Å². The first-order valence-electron chi connectivity index (χ1n) is 11.0. The van der Waals surface area contributed by atoms with E-state index < -0.39 is 5.60 Å². The van der Waals surface area contributed by atoms with Crippen LogP contribution in [-0.2, 0) is 4.74 Å². The normalized spacial score (nSPS) is 13.5. The van der Waals surface area contributed by atoms with E-state index in [2.05, 4.69) is 11.4 Å². The maximum absolute atomic E-state index is 12.2. The number of nitrogens with one attached hydrogen (secondary N) is 1. The molecule has 0 spiro atoms. The fraction of sp³-hybridized carbons (Fsp3) is 0.385. The highest BCUT2D eigenvalue weighted by Gasteiger charge is 2.27. The molecule has 1 amide bonds. The van der Waals surface area contributed by atoms with Gasteiger partial charge in [-0.1, -0.05) is 24.3 Å². The fourth-order valence-corrected chi connectivity index (χ4v) is 3.41. The molecule has 1 N–H and O–H groups in total. The summed E-state index contributed by atoms with van der Waals surface area (Å²) in [5.41, 5.74) is 2.20. The van der Waals surface area contributed by atoms with Crippen molar-refractivity contribution < 1.29 is 14.3 Å². The van der Waals surface area contributed by atoms with Gasteiger partial charge in [-0.2, -0.15) is 5.26 Å². The summed E-state index contributed by atoms with van der Waals surface area (Å²) in [7, 11) is 0. The summed E-state index contributed by atoms with van der Waals surface area (Å²) in [5.74, 6) is 0.829. The first-order chi connectivity index (χ1) is 15.3. The predicted molar refractivity (Wildman–Crippen MR) is 148 cm³/mol. The van der Waals surface area contributed by atoms with Gasteiger partial charge in [-0.3, -0.25) is 0 Å². The molecule has 0 unspecified atom stereocenters. The van der Waals surface area contributed by atoms with Crippen molar-refractivity contribution in [2.24, 2.45) is 0 Å². The number of benzene rings is 2. The van der Waals surface area contributed by atoms with Gasteiger partial charge in [0, 0.05) is 38.2 Å². The Morgan fingerprint density at radius 1 is 1.11 bits per heavy atom. The maximum atomic E-state index is 12.2. The molecule has 9 heteroatoms. The molecule has 1 aliphatic rings. The van der Waals surface area contributed by atoms with Crippen LogP contribution in [0, 0.1) is 11.3 Å². The summed E-state index contributed by atoms with van der Waals surface area (Å²) in [6, 6.07) is 17.6. The molecule has 0 saturated carbocycles. The average Bonchev–Trinajstić information content (AvgIpc) is 2.77. The van der Waals surface area contributed by atoms with E-state index in [9.17, 15) is 4.79 Å². The number of nitriles is 1. The minimum Gasteiger partial charge on any atom is -0.490 e. The number of halogens is 3. The van der Waals surface area contributed by atoms with Gasteiger partial charge in [-0.25, -0.2) is 4.79 Å². The SMILES string of the molecule is CC(C)(C)OC(=O)N1CCC(Oc2ccc(NC/C=C/c3cccc(C#N)c3)cc2)CC1.Cl.Cl.Cl. The van der Waals surface area contributed by atoms with Crippen molar-refractivity contribution in [3.05, 3.63) is 65.7 Å². The van der Waals surface area contributed by atoms with E-state index >= 15 is 0 Å². The summed E-state index contributed by atoms with van der Waals surface area (Å²) in [6.45, 7) is 7.60. The van der Waals surface area contributed by atoms with Crippen molar-refractivity contribution in [3.63, 3.8) is 0 Å². The van der Waals surface area contributed by atoms with Crippen LogP contribution in [0.15, 0.2) is 54.6 Å². The second-order valence-electron chi connectivity index (χ2n) is 8.83. The highest BCUT2D eigenvalue weighted by Crippen LogP contribution is 2.22. The quantitative estimate of drug-likeness (QED) is 0.438. The van der Waals surface area contributed by atoms with Crippen LogP contribution in [0.25, 0.3) is 6.08 Å². The topological polar surface area (TPSA) is 74.6 Å². The van der Waals surface area contributed by atoms with Gasteiger partial charge in [0.05, 0.1) is 11.6 Å². The number of ether oxygens (including phenoxy) is 2. The molecule has 0 aromatic heterocycles. The molecule has 0 aliphatic carbocycles. The number of carbonyl (C=O) groups excluding carboxylic acids is 1. The predicted octanol–water partition coefficient (Wildman–Crippen LogP) is 6.73. The van der Waals surface area contributed by atoms with Crippen LogP contribution in [-0.4, -0.2) is 42.3 Å². The Labute approximate surface area is 226 Å². The van der Waals surface area contributed by atoms with E-state index in [4.69, 9.17) is 14.7 Å². The lowest BCUT2D eigenvalue weighted by Crippen LogP contribution is -2.44. The number of anilines is 1. The first-order valence-corrected chi connectivity index (χ1v) is 11.0. The molecule has 0 radical (unpaired) electrons. The number of hydrogen-bond donors (Lipinski definition) is 1. The van der Waals surface area contributed by atoms with E-state index in [1.807, 2.05) is 75.4 Å². The first kappa shape index (κ1) is 32.4. The van der Waals surface area contributed by atoms with Gasteiger partial charge >= 0.3 is 6.09 Å². The summed E-state index contributed by atoms with van der Waals surface area (Å²) < 4.78 is 11.5. The van der Waals surface area contributed by atoms with Crippen molar-refractivity contribution in [1.82, 2.24) is 4.90 Å². The minimum absolute atomic E-state index is 0. The Morgan fingerprint density at radius 3 is 2.37 bits per heavy atom. The molecule has 192 valence electrons. The van der Waals surface area contributed by atoms with Crippen LogP contribution in [0.3, 0.4) is 0 Å². The lowest BCUT2D eigenvalue weighted by atomic mass is 10.1. The number of likely N-dealkylation sites (tertiary alicyclic amines) is 1. The van der Waals surface area contributed by atoms with Gasteiger partial charge in [0.2, 0.25) is 0 Å². The van der Waals surface area contributed by atoms with Gasteiger partial charge in [-0.05, 0) is 62.7 Å². The molecule has 0 atom stereocenters. The number of piperidine rings is 1. The largest absolute Gasteiger partial charge is 0.490 e. The molecule has 1 aliphatic heterocycles. The Balaban J connectivity index is 0.00000385. The number of rotatable bonds is 6. The molecule has 1 saturated heterocycles. The van der Waals surface area contributed by atoms with Gasteiger partial charge in [0.25, 0.3) is 0 Å². The molecule has 1 fully saturated rings. The second-order valence-corrected chi connectivity index (χ2v) is 8.83. The molecule has 2 aromatic carbocycles. The van der Waals surface area contributed by atoms with Crippen molar-refractivity contribution in [2.45, 2.75) is 45.3 Å². The van der Waals surface area contributed by atoms with Crippen molar-refractivity contribution in [1.29, 1.82) is 5.26 Å². The van der Waals surface area contributed by atoms with Crippen LogP contribution in [0.1, 0.15) is 44.7 Å². The molecular weight excluding hydrogens is 509 g/mol. The molecule has 2 aromatic rings.